The molecule has 0 bridgehead atoms. The van der Waals surface area contributed by atoms with Gasteiger partial charge < -0.3 is 5.32 Å². The number of hydrogen-bond donors (Lipinski definition) is 1. The van der Waals surface area contributed by atoms with Crippen LogP contribution in [-0.4, -0.2) is 33.5 Å². The Hall–Kier alpha value is -0.350. The topological polar surface area (TPSA) is 46.2 Å². The van der Waals surface area contributed by atoms with E-state index in [1.54, 1.807) is 0 Å². The van der Waals surface area contributed by atoms with Crippen molar-refractivity contribution in [2.24, 2.45) is 0 Å². The molecule has 0 aliphatic heterocycles. The van der Waals surface area contributed by atoms with Crippen LogP contribution in [0.25, 0.3) is 0 Å². The van der Waals surface area contributed by atoms with E-state index in [1.807, 2.05) is 6.92 Å². The van der Waals surface area contributed by atoms with Gasteiger partial charge in [-0.15, -0.1) is 0 Å². The van der Waals surface area contributed by atoms with E-state index >= 15 is 0 Å². The maximum absolute atomic E-state index is 10.9. The van der Waals surface area contributed by atoms with Gasteiger partial charge in [-0.3, -0.25) is 0 Å². The minimum absolute atomic E-state index is 0.262. The molecule has 0 saturated heterocycles. The molecular weight excluding hydrogens is 210 g/mol. The van der Waals surface area contributed by atoms with Crippen LogP contribution in [0.15, 0.2) is 11.6 Å². The summed E-state index contributed by atoms with van der Waals surface area (Å²) >= 11 is 0. The van der Waals surface area contributed by atoms with Gasteiger partial charge >= 0.3 is 0 Å². The van der Waals surface area contributed by atoms with Crippen molar-refractivity contribution >= 4 is 9.84 Å². The molecule has 0 radical (unpaired) electrons. The van der Waals surface area contributed by atoms with E-state index in [0.717, 1.165) is 25.9 Å². The Morgan fingerprint density at radius 3 is 2.53 bits per heavy atom. The van der Waals surface area contributed by atoms with Crippen LogP contribution in [0.1, 0.15) is 33.1 Å². The van der Waals surface area contributed by atoms with Gasteiger partial charge in [0.15, 0.2) is 0 Å². The lowest BCUT2D eigenvalue weighted by Gasteiger charge is -2.02. The summed E-state index contributed by atoms with van der Waals surface area (Å²) in [4.78, 5) is 0. The van der Waals surface area contributed by atoms with Gasteiger partial charge in [0.1, 0.15) is 9.84 Å². The highest BCUT2D eigenvalue weighted by molar-refractivity contribution is 7.90. The van der Waals surface area contributed by atoms with Crippen LogP contribution in [0, 0.1) is 0 Å². The molecular formula is C11H23NO2S. The second kappa shape index (κ2) is 7.88. The molecule has 0 aliphatic rings. The highest BCUT2D eigenvalue weighted by Crippen LogP contribution is 2.03. The van der Waals surface area contributed by atoms with Gasteiger partial charge in [0, 0.05) is 6.26 Å². The first-order chi connectivity index (χ1) is 6.95. The highest BCUT2D eigenvalue weighted by atomic mass is 32.2. The first kappa shape index (κ1) is 14.6. The Bertz CT molecular complexity index is 281. The van der Waals surface area contributed by atoms with E-state index in [0.29, 0.717) is 6.42 Å². The second-order valence-electron chi connectivity index (χ2n) is 3.97. The summed E-state index contributed by atoms with van der Waals surface area (Å²) in [5, 5.41) is 3.30. The molecule has 0 amide bonds. The van der Waals surface area contributed by atoms with Gasteiger partial charge in [-0.2, -0.15) is 0 Å². The zero-order valence-corrected chi connectivity index (χ0v) is 10.9. The summed E-state index contributed by atoms with van der Waals surface area (Å²) in [6.07, 6.45) is 6.19. The summed E-state index contributed by atoms with van der Waals surface area (Å²) in [6.45, 7) is 6.16. The van der Waals surface area contributed by atoms with Crippen LogP contribution in [-0.2, 0) is 9.84 Å². The molecule has 0 aliphatic carbocycles. The first-order valence-electron chi connectivity index (χ1n) is 5.49. The Balaban J connectivity index is 3.61. The molecule has 90 valence electrons. The van der Waals surface area contributed by atoms with E-state index in [4.69, 9.17) is 0 Å². The van der Waals surface area contributed by atoms with Crippen LogP contribution in [0.4, 0.5) is 0 Å². The summed E-state index contributed by atoms with van der Waals surface area (Å²) < 4.78 is 21.8. The lowest BCUT2D eigenvalue weighted by molar-refractivity contribution is 0.601. The molecule has 0 unspecified atom stereocenters. The normalized spacial score (nSPS) is 13.1. The summed E-state index contributed by atoms with van der Waals surface area (Å²) in [5.74, 6) is 0.262. The number of nitrogens with one attached hydrogen (secondary N) is 1. The van der Waals surface area contributed by atoms with E-state index in [-0.39, 0.29) is 5.75 Å². The molecule has 0 rings (SSSR count). The van der Waals surface area contributed by atoms with Crippen LogP contribution in [0.3, 0.4) is 0 Å². The number of sulfone groups is 1. The lowest BCUT2D eigenvalue weighted by Crippen LogP contribution is -2.15. The van der Waals surface area contributed by atoms with E-state index in [2.05, 4.69) is 18.3 Å². The van der Waals surface area contributed by atoms with Crippen molar-refractivity contribution in [3.63, 3.8) is 0 Å². The van der Waals surface area contributed by atoms with Crippen LogP contribution < -0.4 is 5.32 Å². The highest BCUT2D eigenvalue weighted by Gasteiger charge is 2.01. The van der Waals surface area contributed by atoms with Crippen molar-refractivity contribution in [3.05, 3.63) is 11.6 Å². The Morgan fingerprint density at radius 1 is 1.33 bits per heavy atom. The lowest BCUT2D eigenvalue weighted by atomic mass is 10.2. The maximum Gasteiger partial charge on any atom is 0.147 e. The van der Waals surface area contributed by atoms with Crippen molar-refractivity contribution in [1.82, 2.24) is 5.32 Å². The van der Waals surface area contributed by atoms with Gasteiger partial charge in [0.2, 0.25) is 0 Å². The molecule has 0 aromatic carbocycles. The molecule has 4 heteroatoms. The minimum atomic E-state index is -2.81. The monoisotopic (exact) mass is 233 g/mol. The van der Waals surface area contributed by atoms with E-state index in [1.165, 1.54) is 11.8 Å². The predicted molar refractivity (Wildman–Crippen MR) is 65.9 cm³/mol. The Morgan fingerprint density at radius 2 is 2.00 bits per heavy atom. The minimum Gasteiger partial charge on any atom is -0.316 e. The van der Waals surface area contributed by atoms with E-state index < -0.39 is 9.84 Å². The summed E-state index contributed by atoms with van der Waals surface area (Å²) in [7, 11) is -2.81. The van der Waals surface area contributed by atoms with E-state index in [9.17, 15) is 8.42 Å². The number of allylic oxidation sites excluding steroid dienone is 1. The number of rotatable bonds is 8. The smallest absolute Gasteiger partial charge is 0.147 e. The molecule has 0 spiro atoms. The average Bonchev–Trinajstić information content (AvgIpc) is 2.13. The first-order valence-corrected chi connectivity index (χ1v) is 7.56. The molecule has 0 aromatic heterocycles. The summed E-state index contributed by atoms with van der Waals surface area (Å²) in [5.41, 5.74) is 1.17. The zero-order valence-electron chi connectivity index (χ0n) is 10.0. The van der Waals surface area contributed by atoms with Crippen LogP contribution in [0.5, 0.6) is 0 Å². The molecule has 0 aromatic rings. The predicted octanol–water partition coefficient (Wildman–Crippen LogP) is 1.76. The fourth-order valence-corrected chi connectivity index (χ4v) is 1.86. The third-order valence-corrected chi connectivity index (χ3v) is 3.05. The van der Waals surface area contributed by atoms with Gasteiger partial charge in [0.05, 0.1) is 5.75 Å². The molecule has 0 saturated carbocycles. The van der Waals surface area contributed by atoms with Crippen molar-refractivity contribution in [1.29, 1.82) is 0 Å². The average molecular weight is 233 g/mol. The number of hydrogen-bond acceptors (Lipinski definition) is 3. The zero-order chi connectivity index (χ0) is 11.7. The maximum atomic E-state index is 10.9. The van der Waals surface area contributed by atoms with Gasteiger partial charge in [0.25, 0.3) is 0 Å². The molecule has 0 heterocycles. The standard InChI is InChI=1S/C11H23NO2S/c1-4-8-12-9-5-6-11(2)7-10-15(3,13)14/h6,12H,4-5,7-10H2,1-3H3. The third kappa shape index (κ3) is 11.6. The fourth-order valence-electron chi connectivity index (χ4n) is 1.17. The Labute approximate surface area is 93.9 Å². The largest absolute Gasteiger partial charge is 0.316 e. The van der Waals surface area contributed by atoms with Gasteiger partial charge in [-0.1, -0.05) is 18.6 Å². The molecule has 3 nitrogen and oxygen atoms in total. The fraction of sp³-hybridized carbons (Fsp3) is 0.818. The molecule has 15 heavy (non-hydrogen) atoms. The second-order valence-corrected chi connectivity index (χ2v) is 6.23. The molecule has 0 fully saturated rings. The van der Waals surface area contributed by atoms with Crippen LogP contribution >= 0.6 is 0 Å². The van der Waals surface area contributed by atoms with Crippen molar-refractivity contribution in [2.75, 3.05) is 25.1 Å². The van der Waals surface area contributed by atoms with Crippen molar-refractivity contribution < 1.29 is 8.42 Å². The summed E-state index contributed by atoms with van der Waals surface area (Å²) in [6, 6.07) is 0. The van der Waals surface area contributed by atoms with Crippen molar-refractivity contribution in [3.8, 4) is 0 Å². The van der Waals surface area contributed by atoms with Gasteiger partial charge in [-0.25, -0.2) is 8.42 Å². The van der Waals surface area contributed by atoms with Gasteiger partial charge in [-0.05, 0) is 39.3 Å². The Kier molecular flexibility index (Phi) is 7.70. The quantitative estimate of drug-likeness (QED) is 0.513. The SMILES string of the molecule is CCCNCCC=C(C)CCS(C)(=O)=O. The molecule has 1 N–H and O–H groups in total. The third-order valence-electron chi connectivity index (χ3n) is 2.11. The molecule has 0 atom stereocenters. The van der Waals surface area contributed by atoms with Crippen LogP contribution in [0.2, 0.25) is 0 Å². The van der Waals surface area contributed by atoms with Crippen molar-refractivity contribution in [2.45, 2.75) is 33.1 Å².